The number of hydrogen-bond donors (Lipinski definition) is 2. The van der Waals surface area contributed by atoms with Gasteiger partial charge in [0.05, 0.1) is 0 Å². The SMILES string of the molecule is CCC(C)C(=O)NN1C(=O)NC(C)(c2ccccc2)C1=O. The lowest BCUT2D eigenvalue weighted by atomic mass is 9.92. The van der Waals surface area contributed by atoms with Gasteiger partial charge < -0.3 is 5.32 Å². The molecule has 1 fully saturated rings. The third-order valence-electron chi connectivity index (χ3n) is 3.82. The first kappa shape index (κ1) is 15.0. The number of carbonyl (C=O) groups is 3. The fourth-order valence-electron chi connectivity index (χ4n) is 2.11. The summed E-state index contributed by atoms with van der Waals surface area (Å²) in [6.45, 7) is 5.23. The maximum Gasteiger partial charge on any atom is 0.344 e. The van der Waals surface area contributed by atoms with Gasteiger partial charge in [0, 0.05) is 5.92 Å². The fraction of sp³-hybridized carbons (Fsp3) is 0.400. The molecule has 0 aromatic heterocycles. The minimum Gasteiger partial charge on any atom is -0.318 e. The lowest BCUT2D eigenvalue weighted by molar-refractivity contribution is -0.140. The molecule has 0 spiro atoms. The lowest BCUT2D eigenvalue weighted by Crippen LogP contribution is -2.49. The summed E-state index contributed by atoms with van der Waals surface area (Å²) in [6, 6.07) is 8.32. The molecule has 0 radical (unpaired) electrons. The Hall–Kier alpha value is -2.37. The highest BCUT2D eigenvalue weighted by Gasteiger charge is 2.50. The Morgan fingerprint density at radius 2 is 1.95 bits per heavy atom. The lowest BCUT2D eigenvalue weighted by Gasteiger charge is -2.22. The number of nitrogens with zero attached hydrogens (tertiary/aromatic N) is 1. The van der Waals surface area contributed by atoms with Gasteiger partial charge in [0.25, 0.3) is 5.91 Å². The molecule has 21 heavy (non-hydrogen) atoms. The second-order valence-corrected chi connectivity index (χ2v) is 5.35. The van der Waals surface area contributed by atoms with Crippen molar-refractivity contribution < 1.29 is 14.4 Å². The maximum absolute atomic E-state index is 12.5. The Bertz CT molecular complexity index is 573. The molecule has 2 atom stereocenters. The molecule has 1 saturated heterocycles. The zero-order valence-corrected chi connectivity index (χ0v) is 12.3. The molecule has 1 aromatic carbocycles. The zero-order valence-electron chi connectivity index (χ0n) is 12.3. The second kappa shape index (κ2) is 5.55. The number of imide groups is 1. The number of nitrogens with one attached hydrogen (secondary N) is 2. The van der Waals surface area contributed by atoms with Gasteiger partial charge >= 0.3 is 6.03 Å². The van der Waals surface area contributed by atoms with Crippen LogP contribution in [0.5, 0.6) is 0 Å². The highest BCUT2D eigenvalue weighted by molar-refractivity contribution is 6.08. The van der Waals surface area contributed by atoms with Crippen LogP contribution in [0.15, 0.2) is 30.3 Å². The van der Waals surface area contributed by atoms with Crippen molar-refractivity contribution in [1.82, 2.24) is 15.8 Å². The number of carbonyl (C=O) groups excluding carboxylic acids is 3. The predicted octanol–water partition coefficient (Wildman–Crippen LogP) is 1.53. The van der Waals surface area contributed by atoms with E-state index in [1.807, 2.05) is 13.0 Å². The molecule has 1 aromatic rings. The Labute approximate surface area is 123 Å². The second-order valence-electron chi connectivity index (χ2n) is 5.35. The summed E-state index contributed by atoms with van der Waals surface area (Å²) in [5, 5.41) is 3.40. The van der Waals surface area contributed by atoms with Crippen molar-refractivity contribution in [3.05, 3.63) is 35.9 Å². The van der Waals surface area contributed by atoms with Crippen molar-refractivity contribution in [2.75, 3.05) is 0 Å². The van der Waals surface area contributed by atoms with E-state index >= 15 is 0 Å². The van der Waals surface area contributed by atoms with Crippen molar-refractivity contribution >= 4 is 17.8 Å². The molecule has 0 aliphatic carbocycles. The summed E-state index contributed by atoms with van der Waals surface area (Å²) in [6.07, 6.45) is 0.630. The average Bonchev–Trinajstić information content (AvgIpc) is 2.71. The van der Waals surface area contributed by atoms with Crippen LogP contribution in [-0.4, -0.2) is 22.9 Å². The van der Waals surface area contributed by atoms with Crippen molar-refractivity contribution in [2.24, 2.45) is 5.92 Å². The Kier molecular flexibility index (Phi) is 3.97. The van der Waals surface area contributed by atoms with Gasteiger partial charge in [-0.15, -0.1) is 0 Å². The molecule has 112 valence electrons. The highest BCUT2D eigenvalue weighted by Crippen LogP contribution is 2.27. The van der Waals surface area contributed by atoms with E-state index in [4.69, 9.17) is 0 Å². The van der Waals surface area contributed by atoms with Crippen LogP contribution in [0.1, 0.15) is 32.8 Å². The number of hydrazine groups is 1. The van der Waals surface area contributed by atoms with E-state index in [0.29, 0.717) is 12.0 Å². The normalized spacial score (nSPS) is 22.9. The van der Waals surface area contributed by atoms with E-state index in [0.717, 1.165) is 5.01 Å². The third kappa shape index (κ3) is 2.61. The molecule has 0 saturated carbocycles. The summed E-state index contributed by atoms with van der Waals surface area (Å²) < 4.78 is 0. The van der Waals surface area contributed by atoms with Crippen LogP contribution < -0.4 is 10.7 Å². The van der Waals surface area contributed by atoms with Gasteiger partial charge in [0.15, 0.2) is 0 Å². The van der Waals surface area contributed by atoms with Crippen molar-refractivity contribution in [2.45, 2.75) is 32.7 Å². The third-order valence-corrected chi connectivity index (χ3v) is 3.82. The van der Waals surface area contributed by atoms with Crippen LogP contribution in [-0.2, 0) is 15.1 Å². The summed E-state index contributed by atoms with van der Waals surface area (Å²) in [5.41, 5.74) is 1.89. The van der Waals surface area contributed by atoms with Gasteiger partial charge in [-0.3, -0.25) is 15.0 Å². The fourth-order valence-corrected chi connectivity index (χ4v) is 2.11. The zero-order chi connectivity index (χ0) is 15.6. The van der Waals surface area contributed by atoms with E-state index in [1.165, 1.54) is 0 Å². The molecule has 2 rings (SSSR count). The molecule has 1 aliphatic rings. The standard InChI is InChI=1S/C15H19N3O3/c1-4-10(2)12(19)17-18-13(20)15(3,16-14(18)21)11-8-6-5-7-9-11/h5-10H,4H2,1-3H3,(H,16,21)(H,17,19). The van der Waals surface area contributed by atoms with E-state index in [-0.39, 0.29) is 11.8 Å². The van der Waals surface area contributed by atoms with Gasteiger partial charge in [-0.2, -0.15) is 5.01 Å². The summed E-state index contributed by atoms with van der Waals surface area (Å²) in [4.78, 5) is 36.4. The monoisotopic (exact) mass is 289 g/mol. The first-order valence-corrected chi connectivity index (χ1v) is 6.93. The maximum atomic E-state index is 12.5. The number of amides is 4. The molecule has 2 unspecified atom stereocenters. The molecule has 2 N–H and O–H groups in total. The Balaban J connectivity index is 2.23. The van der Waals surface area contributed by atoms with Crippen molar-refractivity contribution in [1.29, 1.82) is 0 Å². The molecular weight excluding hydrogens is 270 g/mol. The quantitative estimate of drug-likeness (QED) is 0.825. The van der Waals surface area contributed by atoms with E-state index in [1.54, 1.807) is 38.1 Å². The minimum atomic E-state index is -1.17. The van der Waals surface area contributed by atoms with E-state index < -0.39 is 17.5 Å². The first-order valence-electron chi connectivity index (χ1n) is 6.93. The van der Waals surface area contributed by atoms with Gasteiger partial charge in [-0.05, 0) is 18.9 Å². The van der Waals surface area contributed by atoms with Gasteiger partial charge in [0.1, 0.15) is 5.54 Å². The Morgan fingerprint density at radius 3 is 2.52 bits per heavy atom. The van der Waals surface area contributed by atoms with Crippen molar-refractivity contribution in [3.63, 3.8) is 0 Å². The van der Waals surface area contributed by atoms with Gasteiger partial charge in [0.2, 0.25) is 5.91 Å². The largest absolute Gasteiger partial charge is 0.344 e. The molecule has 0 bridgehead atoms. The van der Waals surface area contributed by atoms with Crippen LogP contribution in [0.4, 0.5) is 4.79 Å². The topological polar surface area (TPSA) is 78.5 Å². The number of benzene rings is 1. The summed E-state index contributed by atoms with van der Waals surface area (Å²) in [5.74, 6) is -1.11. The number of urea groups is 1. The molecule has 1 heterocycles. The van der Waals surface area contributed by atoms with E-state index in [2.05, 4.69) is 10.7 Å². The summed E-state index contributed by atoms with van der Waals surface area (Å²) >= 11 is 0. The summed E-state index contributed by atoms with van der Waals surface area (Å²) in [7, 11) is 0. The minimum absolute atomic E-state index is 0.269. The van der Waals surface area contributed by atoms with Crippen LogP contribution in [0.2, 0.25) is 0 Å². The van der Waals surface area contributed by atoms with Crippen LogP contribution in [0, 0.1) is 5.92 Å². The van der Waals surface area contributed by atoms with Gasteiger partial charge in [-0.25, -0.2) is 4.79 Å². The number of rotatable bonds is 4. The van der Waals surface area contributed by atoms with Crippen LogP contribution in [0.25, 0.3) is 0 Å². The molecule has 6 nitrogen and oxygen atoms in total. The van der Waals surface area contributed by atoms with Crippen LogP contribution in [0.3, 0.4) is 0 Å². The average molecular weight is 289 g/mol. The highest BCUT2D eigenvalue weighted by atomic mass is 16.2. The molecular formula is C15H19N3O3. The molecule has 6 heteroatoms. The first-order chi connectivity index (χ1) is 9.90. The van der Waals surface area contributed by atoms with Crippen LogP contribution >= 0.6 is 0 Å². The predicted molar refractivity (Wildman–Crippen MR) is 76.8 cm³/mol. The smallest absolute Gasteiger partial charge is 0.318 e. The molecule has 1 aliphatic heterocycles. The Morgan fingerprint density at radius 1 is 1.33 bits per heavy atom. The van der Waals surface area contributed by atoms with Crippen molar-refractivity contribution in [3.8, 4) is 0 Å². The number of hydrogen-bond acceptors (Lipinski definition) is 3. The van der Waals surface area contributed by atoms with Gasteiger partial charge in [-0.1, -0.05) is 44.2 Å². The van der Waals surface area contributed by atoms with E-state index in [9.17, 15) is 14.4 Å². The molecule has 4 amide bonds.